The van der Waals surface area contributed by atoms with E-state index >= 15 is 0 Å². The van der Waals surface area contributed by atoms with Crippen molar-refractivity contribution in [2.45, 2.75) is 25.3 Å². The second-order valence-electron chi connectivity index (χ2n) is 4.44. The van der Waals surface area contributed by atoms with Gasteiger partial charge in [0.15, 0.2) is 0 Å². The van der Waals surface area contributed by atoms with E-state index in [9.17, 15) is 4.79 Å². The van der Waals surface area contributed by atoms with Crippen LogP contribution in [0, 0.1) is 5.92 Å². The van der Waals surface area contributed by atoms with Crippen molar-refractivity contribution in [2.24, 2.45) is 5.92 Å². The maximum atomic E-state index is 11.1. The topological polar surface area (TPSA) is 44.4 Å². The predicted octanol–water partition coefficient (Wildman–Crippen LogP) is 0.400. The quantitative estimate of drug-likeness (QED) is 0.639. The van der Waals surface area contributed by atoms with E-state index in [1.165, 1.54) is 25.9 Å². The minimum atomic E-state index is 0.0141. The molecule has 1 unspecified atom stereocenters. The molecule has 0 aromatic carbocycles. The van der Waals surface area contributed by atoms with Gasteiger partial charge in [0.1, 0.15) is 0 Å². The summed E-state index contributed by atoms with van der Waals surface area (Å²) in [6.45, 7) is 3.18. The molecule has 4 nitrogen and oxygen atoms in total. The molecule has 2 saturated heterocycles. The van der Waals surface area contributed by atoms with Gasteiger partial charge < -0.3 is 15.5 Å². The zero-order chi connectivity index (χ0) is 9.97. The monoisotopic (exact) mass is 197 g/mol. The molecule has 0 aliphatic carbocycles. The first kappa shape index (κ1) is 9.77. The van der Waals surface area contributed by atoms with Crippen LogP contribution < -0.4 is 10.6 Å². The van der Waals surface area contributed by atoms with Gasteiger partial charge in [-0.25, -0.2) is 4.79 Å². The van der Waals surface area contributed by atoms with Crippen LogP contribution in [0.3, 0.4) is 0 Å². The van der Waals surface area contributed by atoms with Gasteiger partial charge in [0.25, 0.3) is 0 Å². The van der Waals surface area contributed by atoms with Gasteiger partial charge >= 0.3 is 6.03 Å². The Kier molecular flexibility index (Phi) is 2.91. The van der Waals surface area contributed by atoms with Crippen molar-refractivity contribution in [3.8, 4) is 0 Å². The van der Waals surface area contributed by atoms with E-state index in [0.29, 0.717) is 12.0 Å². The lowest BCUT2D eigenvalue weighted by Gasteiger charge is -2.36. The highest BCUT2D eigenvalue weighted by molar-refractivity contribution is 5.74. The number of nitrogens with zero attached hydrogens (tertiary/aromatic N) is 1. The van der Waals surface area contributed by atoms with Crippen molar-refractivity contribution in [3.63, 3.8) is 0 Å². The SMILES string of the molecule is CN1CCC(C2CCNC(=O)N2)CC1. The zero-order valence-electron chi connectivity index (χ0n) is 8.75. The van der Waals surface area contributed by atoms with Gasteiger partial charge in [-0.3, -0.25) is 0 Å². The summed E-state index contributed by atoms with van der Waals surface area (Å²) < 4.78 is 0. The number of carbonyl (C=O) groups is 1. The molecule has 2 heterocycles. The molecule has 2 aliphatic rings. The van der Waals surface area contributed by atoms with E-state index in [-0.39, 0.29) is 6.03 Å². The second kappa shape index (κ2) is 4.17. The molecule has 1 atom stereocenters. The summed E-state index contributed by atoms with van der Waals surface area (Å²) in [5.41, 5.74) is 0. The summed E-state index contributed by atoms with van der Waals surface area (Å²) in [5, 5.41) is 5.83. The molecule has 14 heavy (non-hydrogen) atoms. The fourth-order valence-electron chi connectivity index (χ4n) is 2.42. The number of likely N-dealkylation sites (tertiary alicyclic amines) is 1. The minimum absolute atomic E-state index is 0.0141. The van der Waals surface area contributed by atoms with Crippen LogP contribution in [0.5, 0.6) is 0 Å². The van der Waals surface area contributed by atoms with E-state index in [4.69, 9.17) is 0 Å². The minimum Gasteiger partial charge on any atom is -0.338 e. The smallest absolute Gasteiger partial charge is 0.315 e. The van der Waals surface area contributed by atoms with Crippen LogP contribution in [0.15, 0.2) is 0 Å². The Morgan fingerprint density at radius 1 is 1.29 bits per heavy atom. The van der Waals surface area contributed by atoms with Crippen LogP contribution >= 0.6 is 0 Å². The van der Waals surface area contributed by atoms with Gasteiger partial charge in [-0.05, 0) is 45.3 Å². The Morgan fingerprint density at radius 2 is 2.00 bits per heavy atom. The number of piperidine rings is 1. The lowest BCUT2D eigenvalue weighted by molar-refractivity contribution is 0.169. The second-order valence-corrected chi connectivity index (χ2v) is 4.44. The molecular weight excluding hydrogens is 178 g/mol. The molecule has 2 rings (SSSR count). The molecule has 2 fully saturated rings. The average Bonchev–Trinajstić information content (AvgIpc) is 2.19. The maximum absolute atomic E-state index is 11.1. The summed E-state index contributed by atoms with van der Waals surface area (Å²) in [6, 6.07) is 0.428. The highest BCUT2D eigenvalue weighted by atomic mass is 16.2. The summed E-state index contributed by atoms with van der Waals surface area (Å²) in [4.78, 5) is 13.5. The lowest BCUT2D eigenvalue weighted by Crippen LogP contribution is -2.53. The van der Waals surface area contributed by atoms with Crippen LogP contribution in [0.1, 0.15) is 19.3 Å². The van der Waals surface area contributed by atoms with Crippen LogP contribution in [0.25, 0.3) is 0 Å². The highest BCUT2D eigenvalue weighted by Gasteiger charge is 2.28. The first-order valence-corrected chi connectivity index (χ1v) is 5.48. The largest absolute Gasteiger partial charge is 0.338 e. The lowest BCUT2D eigenvalue weighted by atomic mass is 9.87. The Hall–Kier alpha value is -0.770. The van der Waals surface area contributed by atoms with Crippen molar-refractivity contribution < 1.29 is 4.79 Å². The summed E-state index contributed by atoms with van der Waals surface area (Å²) in [5.74, 6) is 0.692. The van der Waals surface area contributed by atoms with Crippen molar-refractivity contribution in [2.75, 3.05) is 26.7 Å². The molecular formula is C10H19N3O. The van der Waals surface area contributed by atoms with Crippen LogP contribution in [0.4, 0.5) is 4.79 Å². The Balaban J connectivity index is 1.85. The maximum Gasteiger partial charge on any atom is 0.315 e. The molecule has 2 aliphatic heterocycles. The fraction of sp³-hybridized carbons (Fsp3) is 0.900. The van der Waals surface area contributed by atoms with Crippen LogP contribution in [-0.2, 0) is 0 Å². The average molecular weight is 197 g/mol. The molecule has 0 spiro atoms. The molecule has 0 bridgehead atoms. The third-order valence-corrected chi connectivity index (χ3v) is 3.39. The first-order chi connectivity index (χ1) is 6.75. The van der Waals surface area contributed by atoms with Gasteiger partial charge in [0.05, 0.1) is 0 Å². The van der Waals surface area contributed by atoms with Crippen molar-refractivity contribution in [1.82, 2.24) is 15.5 Å². The number of carbonyl (C=O) groups excluding carboxylic acids is 1. The Labute approximate surface area is 85.0 Å². The van der Waals surface area contributed by atoms with Crippen molar-refractivity contribution in [1.29, 1.82) is 0 Å². The van der Waals surface area contributed by atoms with Gasteiger partial charge in [-0.2, -0.15) is 0 Å². The first-order valence-electron chi connectivity index (χ1n) is 5.48. The molecule has 0 saturated carbocycles. The number of rotatable bonds is 1. The molecule has 0 aromatic heterocycles. The number of amides is 2. The Morgan fingerprint density at radius 3 is 2.64 bits per heavy atom. The molecule has 80 valence electrons. The predicted molar refractivity (Wildman–Crippen MR) is 55.2 cm³/mol. The number of nitrogens with one attached hydrogen (secondary N) is 2. The number of hydrogen-bond donors (Lipinski definition) is 2. The van der Waals surface area contributed by atoms with E-state index in [0.717, 1.165) is 13.0 Å². The normalized spacial score (nSPS) is 30.9. The van der Waals surface area contributed by atoms with E-state index in [1.807, 2.05) is 0 Å². The molecule has 0 aromatic rings. The van der Waals surface area contributed by atoms with Crippen molar-refractivity contribution >= 4 is 6.03 Å². The summed E-state index contributed by atoms with van der Waals surface area (Å²) in [7, 11) is 2.16. The molecule has 4 heteroatoms. The highest BCUT2D eigenvalue weighted by Crippen LogP contribution is 2.22. The third kappa shape index (κ3) is 2.18. The van der Waals surface area contributed by atoms with Crippen LogP contribution in [0.2, 0.25) is 0 Å². The standard InChI is InChI=1S/C10H19N3O/c1-13-6-3-8(4-7-13)9-2-5-11-10(14)12-9/h8-9H,2-7H2,1H3,(H2,11,12,14). The molecule has 2 N–H and O–H groups in total. The Bertz CT molecular complexity index is 211. The van der Waals surface area contributed by atoms with Gasteiger partial charge in [-0.1, -0.05) is 0 Å². The summed E-state index contributed by atoms with van der Waals surface area (Å²) >= 11 is 0. The zero-order valence-corrected chi connectivity index (χ0v) is 8.75. The van der Waals surface area contributed by atoms with Gasteiger partial charge in [-0.15, -0.1) is 0 Å². The molecule has 2 amide bonds. The van der Waals surface area contributed by atoms with E-state index < -0.39 is 0 Å². The van der Waals surface area contributed by atoms with E-state index in [2.05, 4.69) is 22.6 Å². The number of hydrogen-bond acceptors (Lipinski definition) is 2. The van der Waals surface area contributed by atoms with Gasteiger partial charge in [0.2, 0.25) is 0 Å². The van der Waals surface area contributed by atoms with Crippen LogP contribution in [-0.4, -0.2) is 43.7 Å². The third-order valence-electron chi connectivity index (χ3n) is 3.39. The number of urea groups is 1. The summed E-state index contributed by atoms with van der Waals surface area (Å²) in [6.07, 6.45) is 3.53. The fourth-order valence-corrected chi connectivity index (χ4v) is 2.42. The van der Waals surface area contributed by atoms with Gasteiger partial charge in [0, 0.05) is 12.6 Å². The molecule has 0 radical (unpaired) electrons. The van der Waals surface area contributed by atoms with E-state index in [1.54, 1.807) is 0 Å². The van der Waals surface area contributed by atoms with Crippen molar-refractivity contribution in [3.05, 3.63) is 0 Å².